The first-order valence-corrected chi connectivity index (χ1v) is 4.67. The molecule has 0 rings (SSSR count). The second-order valence-electron chi connectivity index (χ2n) is 3.09. The van der Waals surface area contributed by atoms with Crippen LogP contribution in [0.5, 0.6) is 0 Å². The Bertz CT molecular complexity index is 147. The zero-order chi connectivity index (χ0) is 10.3. The Hall–Kier alpha value is -0.320. The van der Waals surface area contributed by atoms with Crippen LogP contribution in [0.25, 0.3) is 0 Å². The number of aliphatic hydroxyl groups excluding tert-OH is 2. The number of aliphatic hydroxyl groups is 2. The second-order valence-corrected chi connectivity index (χ2v) is 3.39. The lowest BCUT2D eigenvalue weighted by Gasteiger charge is -2.16. The molecular formula is C8H15ClO4. The molecule has 0 saturated carbocycles. The summed E-state index contributed by atoms with van der Waals surface area (Å²) in [6.45, 7) is -0.251. The molecule has 5 heteroatoms. The van der Waals surface area contributed by atoms with E-state index in [1.54, 1.807) is 0 Å². The van der Waals surface area contributed by atoms with E-state index in [9.17, 15) is 4.79 Å². The summed E-state index contributed by atoms with van der Waals surface area (Å²) in [4.78, 5) is 10.3. The normalized spacial score (nSPS) is 15.3. The van der Waals surface area contributed by atoms with Crippen molar-refractivity contribution in [2.24, 2.45) is 11.8 Å². The van der Waals surface area contributed by atoms with Crippen LogP contribution in [0.15, 0.2) is 0 Å². The molecule has 78 valence electrons. The van der Waals surface area contributed by atoms with Crippen LogP contribution in [0.2, 0.25) is 0 Å². The Labute approximate surface area is 82.1 Å². The summed E-state index contributed by atoms with van der Waals surface area (Å²) in [6.07, 6.45) is 0.368. The van der Waals surface area contributed by atoms with E-state index in [0.29, 0.717) is 6.42 Å². The van der Waals surface area contributed by atoms with Gasteiger partial charge in [-0.05, 0) is 18.3 Å². The lowest BCUT2D eigenvalue weighted by Crippen LogP contribution is -2.19. The van der Waals surface area contributed by atoms with Crippen molar-refractivity contribution in [3.05, 3.63) is 0 Å². The molecule has 2 atom stereocenters. The van der Waals surface area contributed by atoms with E-state index in [-0.39, 0.29) is 37.4 Å². The lowest BCUT2D eigenvalue weighted by molar-refractivity contribution is -0.138. The van der Waals surface area contributed by atoms with Gasteiger partial charge in [-0.2, -0.15) is 0 Å². The van der Waals surface area contributed by atoms with Gasteiger partial charge in [-0.1, -0.05) is 0 Å². The van der Waals surface area contributed by atoms with Crippen molar-refractivity contribution in [1.82, 2.24) is 0 Å². The molecule has 0 aromatic heterocycles. The van der Waals surface area contributed by atoms with Gasteiger partial charge in [-0.25, -0.2) is 0 Å². The molecule has 0 saturated heterocycles. The molecular weight excluding hydrogens is 196 g/mol. The molecule has 0 heterocycles. The Morgan fingerprint density at radius 2 is 1.77 bits per heavy atom. The highest BCUT2D eigenvalue weighted by Gasteiger charge is 2.17. The summed E-state index contributed by atoms with van der Waals surface area (Å²) in [5, 5.41) is 26.1. The number of aliphatic carboxylic acids is 1. The van der Waals surface area contributed by atoms with Gasteiger partial charge in [-0.15, -0.1) is 11.6 Å². The number of hydrogen-bond acceptors (Lipinski definition) is 3. The first-order chi connectivity index (χ1) is 6.13. The summed E-state index contributed by atoms with van der Waals surface area (Å²) in [5.41, 5.74) is 0. The number of carboxylic acid groups (broad SMARTS) is 1. The average molecular weight is 211 g/mol. The van der Waals surface area contributed by atoms with Crippen LogP contribution in [0, 0.1) is 11.8 Å². The molecule has 0 aliphatic carbocycles. The van der Waals surface area contributed by atoms with Gasteiger partial charge in [0.15, 0.2) is 0 Å². The van der Waals surface area contributed by atoms with Gasteiger partial charge in [-0.3, -0.25) is 4.79 Å². The average Bonchev–Trinajstić information content (AvgIpc) is 2.11. The van der Waals surface area contributed by atoms with Crippen molar-refractivity contribution in [2.45, 2.75) is 12.8 Å². The molecule has 0 radical (unpaired) electrons. The van der Waals surface area contributed by atoms with E-state index >= 15 is 0 Å². The number of halogens is 1. The Morgan fingerprint density at radius 3 is 2.08 bits per heavy atom. The highest BCUT2D eigenvalue weighted by Crippen LogP contribution is 2.16. The molecule has 0 aliphatic rings. The zero-order valence-corrected chi connectivity index (χ0v) is 8.07. The molecule has 4 nitrogen and oxygen atoms in total. The largest absolute Gasteiger partial charge is 0.481 e. The predicted octanol–water partition coefficient (Wildman–Crippen LogP) is 0.307. The minimum atomic E-state index is -0.940. The number of alkyl halides is 1. The summed E-state index contributed by atoms with van der Waals surface area (Å²) in [6, 6.07) is 0. The third-order valence-corrected chi connectivity index (χ3v) is 2.30. The van der Waals surface area contributed by atoms with Gasteiger partial charge in [0.2, 0.25) is 0 Å². The molecule has 0 amide bonds. The van der Waals surface area contributed by atoms with E-state index < -0.39 is 5.97 Å². The SMILES string of the molecule is O=C(O)CC(CO)CC(CO)CCl. The van der Waals surface area contributed by atoms with Crippen LogP contribution < -0.4 is 0 Å². The molecule has 0 bridgehead atoms. The van der Waals surface area contributed by atoms with Gasteiger partial charge in [0.25, 0.3) is 0 Å². The highest BCUT2D eigenvalue weighted by molar-refractivity contribution is 6.18. The van der Waals surface area contributed by atoms with Crippen LogP contribution in [0.1, 0.15) is 12.8 Å². The van der Waals surface area contributed by atoms with Gasteiger partial charge >= 0.3 is 5.97 Å². The first kappa shape index (κ1) is 12.7. The maximum absolute atomic E-state index is 10.3. The van der Waals surface area contributed by atoms with E-state index in [0.717, 1.165) is 0 Å². The zero-order valence-electron chi connectivity index (χ0n) is 7.32. The summed E-state index contributed by atoms with van der Waals surface area (Å²) in [7, 11) is 0. The van der Waals surface area contributed by atoms with E-state index in [2.05, 4.69) is 0 Å². The highest BCUT2D eigenvalue weighted by atomic mass is 35.5. The third kappa shape index (κ3) is 5.85. The van der Waals surface area contributed by atoms with Crippen LogP contribution >= 0.6 is 11.6 Å². The van der Waals surface area contributed by atoms with E-state index in [4.69, 9.17) is 26.9 Å². The topological polar surface area (TPSA) is 77.8 Å². The minimum Gasteiger partial charge on any atom is -0.481 e. The van der Waals surface area contributed by atoms with Gasteiger partial charge < -0.3 is 15.3 Å². The molecule has 13 heavy (non-hydrogen) atoms. The number of carboxylic acids is 1. The quantitative estimate of drug-likeness (QED) is 0.529. The fraction of sp³-hybridized carbons (Fsp3) is 0.875. The van der Waals surface area contributed by atoms with Crippen molar-refractivity contribution >= 4 is 17.6 Å². The van der Waals surface area contributed by atoms with Gasteiger partial charge in [0, 0.05) is 19.1 Å². The van der Waals surface area contributed by atoms with Crippen molar-refractivity contribution in [2.75, 3.05) is 19.1 Å². The number of rotatable bonds is 7. The van der Waals surface area contributed by atoms with Crippen molar-refractivity contribution < 1.29 is 20.1 Å². The first-order valence-electron chi connectivity index (χ1n) is 4.13. The smallest absolute Gasteiger partial charge is 0.303 e. The maximum Gasteiger partial charge on any atom is 0.303 e. The molecule has 3 N–H and O–H groups in total. The molecule has 2 unspecified atom stereocenters. The number of hydrogen-bond donors (Lipinski definition) is 3. The Kier molecular flexibility index (Phi) is 6.94. The summed E-state index contributed by atoms with van der Waals surface area (Å²) in [5.74, 6) is -1.09. The third-order valence-electron chi connectivity index (χ3n) is 1.86. The van der Waals surface area contributed by atoms with Crippen LogP contribution in [0.3, 0.4) is 0 Å². The molecule has 0 aromatic carbocycles. The minimum absolute atomic E-state index is 0.0698. The van der Waals surface area contributed by atoms with Crippen LogP contribution in [0.4, 0.5) is 0 Å². The molecule has 0 fully saturated rings. The summed E-state index contributed by atoms with van der Waals surface area (Å²) >= 11 is 5.52. The van der Waals surface area contributed by atoms with E-state index in [1.807, 2.05) is 0 Å². The Morgan fingerprint density at radius 1 is 1.23 bits per heavy atom. The monoisotopic (exact) mass is 210 g/mol. The van der Waals surface area contributed by atoms with Crippen LogP contribution in [-0.2, 0) is 4.79 Å². The summed E-state index contributed by atoms with van der Waals surface area (Å²) < 4.78 is 0. The maximum atomic E-state index is 10.3. The second kappa shape index (κ2) is 7.12. The fourth-order valence-electron chi connectivity index (χ4n) is 1.13. The number of carbonyl (C=O) groups is 1. The fourth-order valence-corrected chi connectivity index (χ4v) is 1.35. The lowest BCUT2D eigenvalue weighted by atomic mass is 9.94. The van der Waals surface area contributed by atoms with Crippen LogP contribution in [-0.4, -0.2) is 40.4 Å². The van der Waals surface area contributed by atoms with E-state index in [1.165, 1.54) is 0 Å². The standard InChI is InChI=1S/C8H15ClO4/c9-3-7(5-11)1-6(4-10)2-8(12)13/h6-7,10-11H,1-5H2,(H,12,13). The molecule has 0 aliphatic heterocycles. The van der Waals surface area contributed by atoms with Crippen molar-refractivity contribution in [3.8, 4) is 0 Å². The predicted molar refractivity (Wildman–Crippen MR) is 48.7 cm³/mol. The molecule has 0 spiro atoms. The molecule has 0 aromatic rings. The van der Waals surface area contributed by atoms with Crippen molar-refractivity contribution in [3.63, 3.8) is 0 Å². The Balaban J connectivity index is 3.87. The van der Waals surface area contributed by atoms with Crippen molar-refractivity contribution in [1.29, 1.82) is 0 Å². The van der Waals surface area contributed by atoms with Gasteiger partial charge in [0.1, 0.15) is 0 Å². The van der Waals surface area contributed by atoms with Gasteiger partial charge in [0.05, 0.1) is 6.42 Å².